The maximum Gasteiger partial charge on any atom is 0.372 e. The zero-order valence-electron chi connectivity index (χ0n) is 12.3. The third kappa shape index (κ3) is 13.7. The van der Waals surface area contributed by atoms with Gasteiger partial charge in [0, 0.05) is 12.3 Å². The van der Waals surface area contributed by atoms with E-state index >= 15 is 0 Å². The van der Waals surface area contributed by atoms with Crippen molar-refractivity contribution in [1.82, 2.24) is 0 Å². The van der Waals surface area contributed by atoms with Crippen molar-refractivity contribution < 1.29 is 38.4 Å². The van der Waals surface area contributed by atoms with Crippen LogP contribution < -0.4 is 0 Å². The highest BCUT2D eigenvalue weighted by atomic mass is 35.5. The molecule has 0 saturated carbocycles. The fourth-order valence-corrected chi connectivity index (χ4v) is 1.31. The normalized spacial score (nSPS) is 10.4. The molecule has 0 aliphatic rings. The van der Waals surface area contributed by atoms with E-state index in [9.17, 15) is 14.4 Å². The zero-order chi connectivity index (χ0) is 16.6. The highest BCUT2D eigenvalue weighted by Gasteiger charge is 2.13. The van der Waals surface area contributed by atoms with Crippen molar-refractivity contribution in [2.45, 2.75) is 12.8 Å². The molecule has 0 amide bonds. The lowest BCUT2D eigenvalue weighted by molar-refractivity contribution is -0.151. The first kappa shape index (κ1) is 20.8. The quantitative estimate of drug-likeness (QED) is 0.196. The summed E-state index contributed by atoms with van der Waals surface area (Å²) in [5, 5.41) is 8.32. The Bertz CT molecular complexity index is 334. The molecular formula is C13H21ClO8. The number of alkyl halides is 1. The van der Waals surface area contributed by atoms with E-state index in [1.165, 1.54) is 0 Å². The summed E-state index contributed by atoms with van der Waals surface area (Å²) in [6, 6.07) is 0. The molecule has 8 nitrogen and oxygen atoms in total. The Morgan fingerprint density at radius 1 is 0.773 bits per heavy atom. The maximum atomic E-state index is 11.2. The van der Waals surface area contributed by atoms with Gasteiger partial charge in [-0.2, -0.15) is 0 Å². The molecule has 0 aromatic heterocycles. The summed E-state index contributed by atoms with van der Waals surface area (Å²) in [6.45, 7) is 2.40. The van der Waals surface area contributed by atoms with Gasteiger partial charge in [-0.3, -0.25) is 9.59 Å². The highest BCUT2D eigenvalue weighted by Crippen LogP contribution is 1.95. The van der Waals surface area contributed by atoms with E-state index in [2.05, 4.69) is 0 Å². The number of carbonyl (C=O) groups excluding carboxylic acids is 2. The average Bonchev–Trinajstić information content (AvgIpc) is 2.50. The Hall–Kier alpha value is -1.22. The van der Waals surface area contributed by atoms with E-state index in [-0.39, 0.29) is 26.1 Å². The molecule has 0 fully saturated rings. The van der Waals surface area contributed by atoms with Crippen LogP contribution in [0.2, 0.25) is 0 Å². The number of hydrogen-bond acceptors (Lipinski definition) is 7. The smallest absolute Gasteiger partial charge is 0.372 e. The Morgan fingerprint density at radius 3 is 1.77 bits per heavy atom. The molecular weight excluding hydrogens is 320 g/mol. The van der Waals surface area contributed by atoms with Crippen LogP contribution in [0.3, 0.4) is 0 Å². The lowest BCUT2D eigenvalue weighted by Gasteiger charge is -2.07. The number of hydrogen-bond donors (Lipinski definition) is 1. The minimum Gasteiger partial charge on any atom is -0.476 e. The van der Waals surface area contributed by atoms with E-state index in [1.54, 1.807) is 0 Å². The van der Waals surface area contributed by atoms with Crippen molar-refractivity contribution in [1.29, 1.82) is 0 Å². The number of ketones is 1. The van der Waals surface area contributed by atoms with Gasteiger partial charge in [0.1, 0.15) is 6.61 Å². The van der Waals surface area contributed by atoms with Gasteiger partial charge in [0.25, 0.3) is 0 Å². The molecule has 0 heterocycles. The first-order valence-corrected chi connectivity index (χ1v) is 7.32. The number of carboxylic acids is 1. The zero-order valence-corrected chi connectivity index (χ0v) is 13.0. The number of aliphatic carboxylic acids is 1. The largest absolute Gasteiger partial charge is 0.476 e. The molecule has 128 valence electrons. The van der Waals surface area contributed by atoms with Crippen molar-refractivity contribution in [2.75, 3.05) is 52.1 Å². The SMILES string of the molecule is O=C(CCC(=O)C(=O)O)OCCOCCOCCOCCCl. The van der Waals surface area contributed by atoms with E-state index in [0.717, 1.165) is 0 Å². The van der Waals surface area contributed by atoms with Gasteiger partial charge >= 0.3 is 11.9 Å². The van der Waals surface area contributed by atoms with Crippen LogP contribution >= 0.6 is 11.6 Å². The summed E-state index contributed by atoms with van der Waals surface area (Å²) in [4.78, 5) is 32.1. The van der Waals surface area contributed by atoms with Crippen LogP contribution in [0.15, 0.2) is 0 Å². The molecule has 0 unspecified atom stereocenters. The molecule has 0 aromatic rings. The molecule has 0 bridgehead atoms. The Kier molecular flexibility index (Phi) is 13.9. The first-order chi connectivity index (χ1) is 10.6. The summed E-state index contributed by atoms with van der Waals surface area (Å²) in [5.41, 5.74) is 0. The minimum absolute atomic E-state index is 0.0406. The third-order valence-electron chi connectivity index (χ3n) is 2.25. The summed E-state index contributed by atoms with van der Waals surface area (Å²) >= 11 is 5.42. The van der Waals surface area contributed by atoms with Crippen LogP contribution in [0.1, 0.15) is 12.8 Å². The molecule has 0 radical (unpaired) electrons. The first-order valence-electron chi connectivity index (χ1n) is 6.79. The van der Waals surface area contributed by atoms with Crippen molar-refractivity contribution in [3.63, 3.8) is 0 Å². The molecule has 0 aliphatic carbocycles. The van der Waals surface area contributed by atoms with E-state index in [0.29, 0.717) is 38.9 Å². The minimum atomic E-state index is -1.55. The van der Waals surface area contributed by atoms with Gasteiger partial charge < -0.3 is 24.1 Å². The topological polar surface area (TPSA) is 108 Å². The van der Waals surface area contributed by atoms with E-state index < -0.39 is 17.7 Å². The van der Waals surface area contributed by atoms with Crippen molar-refractivity contribution >= 4 is 29.3 Å². The van der Waals surface area contributed by atoms with E-state index in [4.69, 9.17) is 35.7 Å². The summed E-state index contributed by atoms with van der Waals surface area (Å²) in [7, 11) is 0. The Balaban J connectivity index is 3.27. The molecule has 0 aromatic carbocycles. The molecule has 0 saturated heterocycles. The van der Waals surface area contributed by atoms with Crippen molar-refractivity contribution in [3.05, 3.63) is 0 Å². The fourth-order valence-electron chi connectivity index (χ4n) is 1.21. The van der Waals surface area contributed by atoms with Crippen LogP contribution in [-0.2, 0) is 33.3 Å². The van der Waals surface area contributed by atoms with Crippen molar-refractivity contribution in [2.24, 2.45) is 0 Å². The number of rotatable bonds is 15. The van der Waals surface area contributed by atoms with Gasteiger partial charge in [0.05, 0.1) is 46.1 Å². The Labute approximate surface area is 133 Å². The number of Topliss-reactive ketones (excluding diaryl/α,β-unsaturated/α-hetero) is 1. The molecule has 9 heteroatoms. The van der Waals surface area contributed by atoms with Crippen LogP contribution in [-0.4, -0.2) is 75.0 Å². The van der Waals surface area contributed by atoms with Crippen LogP contribution in [0, 0.1) is 0 Å². The molecule has 0 aliphatic heterocycles. The van der Waals surface area contributed by atoms with Gasteiger partial charge in [0.2, 0.25) is 5.78 Å². The van der Waals surface area contributed by atoms with Gasteiger partial charge in [-0.25, -0.2) is 4.79 Å². The standard InChI is InChI=1S/C13H21ClO8/c14-3-4-19-5-6-20-7-8-21-9-10-22-12(16)2-1-11(15)13(17)18/h1-10H2,(H,17,18). The second-order valence-electron chi connectivity index (χ2n) is 3.97. The van der Waals surface area contributed by atoms with Crippen LogP contribution in [0.5, 0.6) is 0 Å². The van der Waals surface area contributed by atoms with Crippen molar-refractivity contribution in [3.8, 4) is 0 Å². The summed E-state index contributed by atoms with van der Waals surface area (Å²) in [6.07, 6.45) is -0.620. The van der Waals surface area contributed by atoms with Gasteiger partial charge in [-0.15, -0.1) is 11.6 Å². The highest BCUT2D eigenvalue weighted by molar-refractivity contribution is 6.32. The lowest BCUT2D eigenvalue weighted by Crippen LogP contribution is -2.17. The number of carbonyl (C=O) groups is 3. The predicted molar refractivity (Wildman–Crippen MR) is 76.0 cm³/mol. The fraction of sp³-hybridized carbons (Fsp3) is 0.769. The molecule has 22 heavy (non-hydrogen) atoms. The third-order valence-corrected chi connectivity index (χ3v) is 2.41. The second kappa shape index (κ2) is 14.7. The lowest BCUT2D eigenvalue weighted by atomic mass is 10.2. The molecule has 1 N–H and O–H groups in total. The number of halogens is 1. The van der Waals surface area contributed by atoms with Crippen LogP contribution in [0.25, 0.3) is 0 Å². The monoisotopic (exact) mass is 340 g/mol. The number of ether oxygens (including phenoxy) is 4. The molecule has 0 rings (SSSR count). The number of carboxylic acid groups (broad SMARTS) is 1. The molecule has 0 spiro atoms. The molecule has 0 atom stereocenters. The van der Waals surface area contributed by atoms with Gasteiger partial charge in [-0.1, -0.05) is 0 Å². The van der Waals surface area contributed by atoms with Gasteiger partial charge in [-0.05, 0) is 0 Å². The average molecular weight is 341 g/mol. The van der Waals surface area contributed by atoms with Gasteiger partial charge in [0.15, 0.2) is 0 Å². The van der Waals surface area contributed by atoms with Crippen LogP contribution in [0.4, 0.5) is 0 Å². The van der Waals surface area contributed by atoms with E-state index in [1.807, 2.05) is 0 Å². The maximum absolute atomic E-state index is 11.2. The second-order valence-corrected chi connectivity index (χ2v) is 4.35. The Morgan fingerprint density at radius 2 is 1.27 bits per heavy atom. The summed E-state index contributed by atoms with van der Waals surface area (Å²) < 4.78 is 20.2. The summed E-state index contributed by atoms with van der Waals surface area (Å²) in [5.74, 6) is -2.75. The number of esters is 1. The predicted octanol–water partition coefficient (Wildman–Crippen LogP) is 0.252.